The Hall–Kier alpha value is -2.33. The van der Waals surface area contributed by atoms with Crippen LogP contribution in [0.5, 0.6) is 11.5 Å². The molecule has 0 bridgehead atoms. The maximum atomic E-state index is 12.3. The van der Waals surface area contributed by atoms with Gasteiger partial charge in [0.2, 0.25) is 18.2 Å². The number of hydrogen-bond donors (Lipinski definition) is 1. The van der Waals surface area contributed by atoms with E-state index in [2.05, 4.69) is 0 Å². The standard InChI is InChI=1S/C15H12O4/c16-13(10-6-2-1-3-7-10)14-15(17)19-12-9-5-4-8-11(12)18-14/h1-9,14-15,17H/t14-,15-/m1/s1. The van der Waals surface area contributed by atoms with Gasteiger partial charge < -0.3 is 14.6 Å². The molecular weight excluding hydrogens is 244 g/mol. The Morgan fingerprint density at radius 2 is 1.47 bits per heavy atom. The largest absolute Gasteiger partial charge is 0.472 e. The van der Waals surface area contributed by atoms with Crippen molar-refractivity contribution in [2.24, 2.45) is 0 Å². The molecule has 0 saturated heterocycles. The first-order valence-corrected chi connectivity index (χ1v) is 5.95. The molecule has 1 aliphatic rings. The third-order valence-corrected chi connectivity index (χ3v) is 2.93. The minimum absolute atomic E-state index is 0.303. The van der Waals surface area contributed by atoms with Crippen molar-refractivity contribution >= 4 is 5.78 Å². The number of Topliss-reactive ketones (excluding diaryl/α,β-unsaturated/α-hetero) is 1. The molecule has 1 aliphatic heterocycles. The average Bonchev–Trinajstić information content (AvgIpc) is 2.47. The number of aliphatic hydroxyl groups excluding tert-OH is 1. The van der Waals surface area contributed by atoms with Crippen molar-refractivity contribution in [2.75, 3.05) is 0 Å². The molecule has 0 radical (unpaired) electrons. The van der Waals surface area contributed by atoms with Crippen LogP contribution in [0.25, 0.3) is 0 Å². The first kappa shape index (κ1) is 11.7. The number of para-hydroxylation sites is 2. The van der Waals surface area contributed by atoms with E-state index in [0.717, 1.165) is 0 Å². The number of benzene rings is 2. The molecule has 1 heterocycles. The zero-order valence-electron chi connectivity index (χ0n) is 10.0. The van der Waals surface area contributed by atoms with Gasteiger partial charge in [0.15, 0.2) is 11.5 Å². The van der Waals surface area contributed by atoms with Crippen molar-refractivity contribution in [2.45, 2.75) is 12.4 Å². The van der Waals surface area contributed by atoms with Gasteiger partial charge in [0.05, 0.1) is 0 Å². The highest BCUT2D eigenvalue weighted by Gasteiger charge is 2.36. The quantitative estimate of drug-likeness (QED) is 0.835. The van der Waals surface area contributed by atoms with E-state index in [-0.39, 0.29) is 5.78 Å². The van der Waals surface area contributed by atoms with Gasteiger partial charge in [-0.2, -0.15) is 0 Å². The van der Waals surface area contributed by atoms with Gasteiger partial charge in [-0.25, -0.2) is 0 Å². The number of hydrogen-bond acceptors (Lipinski definition) is 4. The van der Waals surface area contributed by atoms with Gasteiger partial charge in [-0.15, -0.1) is 0 Å². The van der Waals surface area contributed by atoms with Crippen molar-refractivity contribution < 1.29 is 19.4 Å². The van der Waals surface area contributed by atoms with Gasteiger partial charge in [-0.1, -0.05) is 42.5 Å². The molecule has 0 saturated carbocycles. The molecule has 3 rings (SSSR count). The lowest BCUT2D eigenvalue weighted by Gasteiger charge is -2.29. The summed E-state index contributed by atoms with van der Waals surface area (Å²) in [5, 5.41) is 9.88. The second-order valence-electron chi connectivity index (χ2n) is 4.22. The summed E-state index contributed by atoms with van der Waals surface area (Å²) in [5.74, 6) is 0.594. The maximum absolute atomic E-state index is 12.3. The molecule has 19 heavy (non-hydrogen) atoms. The second kappa shape index (κ2) is 4.74. The fourth-order valence-electron chi connectivity index (χ4n) is 1.98. The van der Waals surface area contributed by atoms with Gasteiger partial charge in [-0.3, -0.25) is 4.79 Å². The van der Waals surface area contributed by atoms with E-state index in [4.69, 9.17) is 9.47 Å². The van der Waals surface area contributed by atoms with Gasteiger partial charge in [0.25, 0.3) is 0 Å². The molecule has 96 valence electrons. The fraction of sp³-hybridized carbons (Fsp3) is 0.133. The lowest BCUT2D eigenvalue weighted by Crippen LogP contribution is -2.45. The lowest BCUT2D eigenvalue weighted by atomic mass is 10.1. The van der Waals surface area contributed by atoms with Crippen molar-refractivity contribution in [1.82, 2.24) is 0 Å². The molecule has 4 nitrogen and oxygen atoms in total. The van der Waals surface area contributed by atoms with Crippen LogP contribution in [0.2, 0.25) is 0 Å². The normalized spacial score (nSPS) is 20.9. The van der Waals surface area contributed by atoms with Crippen LogP contribution in [0.4, 0.5) is 0 Å². The van der Waals surface area contributed by atoms with Gasteiger partial charge in [0.1, 0.15) is 0 Å². The van der Waals surface area contributed by atoms with Gasteiger partial charge >= 0.3 is 0 Å². The smallest absolute Gasteiger partial charge is 0.242 e. The molecule has 0 amide bonds. The summed E-state index contributed by atoms with van der Waals surface area (Å²) in [6.45, 7) is 0. The summed E-state index contributed by atoms with van der Waals surface area (Å²) in [6.07, 6.45) is -2.35. The molecule has 1 N–H and O–H groups in total. The van der Waals surface area contributed by atoms with Crippen molar-refractivity contribution in [1.29, 1.82) is 0 Å². The first-order chi connectivity index (χ1) is 9.25. The topological polar surface area (TPSA) is 55.8 Å². The summed E-state index contributed by atoms with van der Waals surface area (Å²) in [5.41, 5.74) is 0.481. The SMILES string of the molecule is O=C(c1ccccc1)[C@H]1Oc2ccccc2O[C@H]1O. The highest BCUT2D eigenvalue weighted by Crippen LogP contribution is 2.33. The highest BCUT2D eigenvalue weighted by atomic mass is 16.7. The Kier molecular flexibility index (Phi) is 2.93. The van der Waals surface area contributed by atoms with Crippen molar-refractivity contribution in [3.63, 3.8) is 0 Å². The fourth-order valence-corrected chi connectivity index (χ4v) is 1.98. The van der Waals surface area contributed by atoms with E-state index in [1.165, 1.54) is 0 Å². The second-order valence-corrected chi connectivity index (χ2v) is 4.22. The number of ether oxygens (including phenoxy) is 2. The average molecular weight is 256 g/mol. The Morgan fingerprint density at radius 3 is 2.16 bits per heavy atom. The summed E-state index contributed by atoms with van der Waals surface area (Å²) < 4.78 is 10.8. The molecule has 0 unspecified atom stereocenters. The van der Waals surface area contributed by atoms with Crippen LogP contribution in [0.15, 0.2) is 54.6 Å². The number of ketones is 1. The molecule has 0 aromatic heterocycles. The lowest BCUT2D eigenvalue weighted by molar-refractivity contribution is -0.0977. The zero-order valence-corrected chi connectivity index (χ0v) is 10.0. The van der Waals surface area contributed by atoms with E-state index < -0.39 is 12.4 Å². The molecule has 2 atom stereocenters. The molecule has 2 aromatic carbocycles. The zero-order chi connectivity index (χ0) is 13.2. The monoisotopic (exact) mass is 256 g/mol. The van der Waals surface area contributed by atoms with Crippen LogP contribution in [0, 0.1) is 0 Å². The van der Waals surface area contributed by atoms with E-state index >= 15 is 0 Å². The van der Waals surface area contributed by atoms with Crippen molar-refractivity contribution in [3.05, 3.63) is 60.2 Å². The molecule has 4 heteroatoms. The Morgan fingerprint density at radius 1 is 0.895 bits per heavy atom. The van der Waals surface area contributed by atoms with Gasteiger partial charge in [-0.05, 0) is 12.1 Å². The molecule has 2 aromatic rings. The van der Waals surface area contributed by atoms with E-state index in [1.54, 1.807) is 48.5 Å². The van der Waals surface area contributed by atoms with Crippen LogP contribution in [0.3, 0.4) is 0 Å². The van der Waals surface area contributed by atoms with E-state index in [0.29, 0.717) is 17.1 Å². The van der Waals surface area contributed by atoms with Crippen LogP contribution in [0.1, 0.15) is 10.4 Å². The first-order valence-electron chi connectivity index (χ1n) is 5.95. The predicted octanol–water partition coefficient (Wildman–Crippen LogP) is 2.03. The van der Waals surface area contributed by atoms with Crippen molar-refractivity contribution in [3.8, 4) is 11.5 Å². The summed E-state index contributed by atoms with van der Waals surface area (Å²) in [6, 6.07) is 15.6. The molecule has 0 aliphatic carbocycles. The summed E-state index contributed by atoms with van der Waals surface area (Å²) in [7, 11) is 0. The summed E-state index contributed by atoms with van der Waals surface area (Å²) in [4.78, 5) is 12.3. The third-order valence-electron chi connectivity index (χ3n) is 2.93. The number of fused-ring (bicyclic) bond motifs is 1. The van der Waals surface area contributed by atoms with E-state index in [1.807, 2.05) is 6.07 Å². The minimum Gasteiger partial charge on any atom is -0.472 e. The Labute approximate surface area is 110 Å². The van der Waals surface area contributed by atoms with Crippen LogP contribution < -0.4 is 9.47 Å². The predicted molar refractivity (Wildman–Crippen MR) is 68.3 cm³/mol. The highest BCUT2D eigenvalue weighted by molar-refractivity contribution is 6.00. The molecular formula is C15H12O4. The van der Waals surface area contributed by atoms with E-state index in [9.17, 15) is 9.90 Å². The summed E-state index contributed by atoms with van der Waals surface area (Å²) >= 11 is 0. The Bertz CT molecular complexity index is 594. The van der Waals surface area contributed by atoms with Crippen LogP contribution >= 0.6 is 0 Å². The maximum Gasteiger partial charge on any atom is 0.242 e. The van der Waals surface area contributed by atoms with Crippen LogP contribution in [-0.2, 0) is 0 Å². The third kappa shape index (κ3) is 2.18. The number of aliphatic hydroxyl groups is 1. The number of carbonyl (C=O) groups is 1. The Balaban J connectivity index is 1.89. The minimum atomic E-state index is -1.30. The number of carbonyl (C=O) groups excluding carboxylic acids is 1. The van der Waals surface area contributed by atoms with Gasteiger partial charge in [0, 0.05) is 5.56 Å². The number of rotatable bonds is 2. The molecule has 0 spiro atoms. The van der Waals surface area contributed by atoms with Crippen LogP contribution in [-0.4, -0.2) is 23.3 Å². The molecule has 0 fully saturated rings.